The number of hydrogen-bond acceptors (Lipinski definition) is 5. The number of hydrogen-bond donors (Lipinski definition) is 1. The highest BCUT2D eigenvalue weighted by molar-refractivity contribution is 5.74. The first-order valence-corrected chi connectivity index (χ1v) is 8.69. The number of carbonyl (C=O) groups excluding carboxylic acids is 1. The Hall–Kier alpha value is -1.63. The fourth-order valence-electron chi connectivity index (χ4n) is 3.40. The molecule has 1 aromatic heterocycles. The third-order valence-electron chi connectivity index (χ3n) is 4.67. The number of carbonyl (C=O) groups is 1. The Balaban J connectivity index is 1.54. The summed E-state index contributed by atoms with van der Waals surface area (Å²) in [5.41, 5.74) is 0. The highest BCUT2D eigenvalue weighted by Gasteiger charge is 2.26. The zero-order valence-electron chi connectivity index (χ0n) is 13.8. The fraction of sp³-hybridized carbons (Fsp3) is 0.812. The van der Waals surface area contributed by atoms with Crippen LogP contribution in [0.5, 0.6) is 0 Å². The van der Waals surface area contributed by atoms with Gasteiger partial charge in [0.2, 0.25) is 5.89 Å². The lowest BCUT2D eigenvalue weighted by atomic mass is 9.95. The van der Waals surface area contributed by atoms with Crippen molar-refractivity contribution in [2.75, 3.05) is 32.8 Å². The molecule has 1 unspecified atom stereocenters. The minimum absolute atomic E-state index is 0.0330. The van der Waals surface area contributed by atoms with Gasteiger partial charge in [-0.1, -0.05) is 5.16 Å². The zero-order valence-corrected chi connectivity index (χ0v) is 13.8. The molecule has 0 radical (unpaired) electrons. The lowest BCUT2D eigenvalue weighted by Gasteiger charge is -2.32. The average Bonchev–Trinajstić information content (AvgIpc) is 3.05. The largest absolute Gasteiger partial charge is 0.381 e. The van der Waals surface area contributed by atoms with Crippen LogP contribution in [0.3, 0.4) is 0 Å². The van der Waals surface area contributed by atoms with Crippen LogP contribution in [-0.4, -0.2) is 53.9 Å². The van der Waals surface area contributed by atoms with Gasteiger partial charge in [0.25, 0.3) is 0 Å². The first-order valence-electron chi connectivity index (χ1n) is 8.69. The molecule has 2 saturated heterocycles. The van der Waals surface area contributed by atoms with Crippen molar-refractivity contribution < 1.29 is 14.1 Å². The van der Waals surface area contributed by atoms with E-state index in [1.54, 1.807) is 0 Å². The lowest BCUT2D eigenvalue weighted by molar-refractivity contribution is 0.0830. The number of ether oxygens (including phenoxy) is 1. The van der Waals surface area contributed by atoms with Crippen LogP contribution in [0.1, 0.15) is 50.2 Å². The molecule has 1 aromatic rings. The molecule has 0 spiro atoms. The van der Waals surface area contributed by atoms with Crippen molar-refractivity contribution in [2.45, 2.75) is 44.9 Å². The van der Waals surface area contributed by atoms with Gasteiger partial charge in [0.1, 0.15) is 0 Å². The predicted octanol–water partition coefficient (Wildman–Crippen LogP) is 1.95. The minimum atomic E-state index is 0.0330. The van der Waals surface area contributed by atoms with Crippen LogP contribution in [0.25, 0.3) is 0 Å². The average molecular weight is 322 g/mol. The Morgan fingerprint density at radius 2 is 2.17 bits per heavy atom. The molecule has 0 aliphatic carbocycles. The van der Waals surface area contributed by atoms with Crippen molar-refractivity contribution in [3.63, 3.8) is 0 Å². The Kier molecular flexibility index (Phi) is 5.48. The van der Waals surface area contributed by atoms with Gasteiger partial charge in [-0.25, -0.2) is 4.79 Å². The summed E-state index contributed by atoms with van der Waals surface area (Å²) >= 11 is 0. The summed E-state index contributed by atoms with van der Waals surface area (Å²) in [5, 5.41) is 7.02. The highest BCUT2D eigenvalue weighted by atomic mass is 16.5. The van der Waals surface area contributed by atoms with E-state index in [9.17, 15) is 4.79 Å². The van der Waals surface area contributed by atoms with E-state index < -0.39 is 0 Å². The number of rotatable bonds is 4. The Bertz CT molecular complexity index is 513. The summed E-state index contributed by atoms with van der Waals surface area (Å²) < 4.78 is 10.8. The molecule has 0 bridgehead atoms. The second-order valence-corrected chi connectivity index (χ2v) is 6.43. The molecule has 3 rings (SSSR count). The molecular weight excluding hydrogens is 296 g/mol. The van der Waals surface area contributed by atoms with E-state index in [-0.39, 0.29) is 6.03 Å². The third kappa shape index (κ3) is 4.22. The summed E-state index contributed by atoms with van der Waals surface area (Å²) in [6, 6.07) is 0.0330. The lowest BCUT2D eigenvalue weighted by Crippen LogP contribution is -2.45. The van der Waals surface area contributed by atoms with Gasteiger partial charge in [-0.05, 0) is 38.5 Å². The summed E-state index contributed by atoms with van der Waals surface area (Å²) in [7, 11) is 0. The SMILES string of the molecule is CCNC(=O)N1CCCC(Cc2nc(C3CCOCC3)no2)C1. The second kappa shape index (κ2) is 7.77. The number of amides is 2. The van der Waals surface area contributed by atoms with Crippen LogP contribution in [0, 0.1) is 5.92 Å². The summed E-state index contributed by atoms with van der Waals surface area (Å²) in [6.07, 6.45) is 4.82. The molecule has 0 saturated carbocycles. The molecule has 7 heteroatoms. The van der Waals surface area contributed by atoms with Gasteiger partial charge < -0.3 is 19.5 Å². The van der Waals surface area contributed by atoms with Gasteiger partial charge in [0.15, 0.2) is 5.82 Å². The second-order valence-electron chi connectivity index (χ2n) is 6.43. The smallest absolute Gasteiger partial charge is 0.317 e. The van der Waals surface area contributed by atoms with Crippen molar-refractivity contribution in [1.29, 1.82) is 0 Å². The topological polar surface area (TPSA) is 80.5 Å². The van der Waals surface area contributed by atoms with E-state index in [0.717, 1.165) is 64.2 Å². The highest BCUT2D eigenvalue weighted by Crippen LogP contribution is 2.26. The molecule has 1 N–H and O–H groups in total. The number of nitrogens with one attached hydrogen (secondary N) is 1. The number of aromatic nitrogens is 2. The van der Waals surface area contributed by atoms with Gasteiger partial charge in [-0.2, -0.15) is 4.98 Å². The van der Waals surface area contributed by atoms with Crippen molar-refractivity contribution >= 4 is 6.03 Å². The molecule has 3 heterocycles. The van der Waals surface area contributed by atoms with Crippen LogP contribution in [0.4, 0.5) is 4.79 Å². The Labute approximate surface area is 136 Å². The molecule has 2 fully saturated rings. The van der Waals surface area contributed by atoms with E-state index in [1.165, 1.54) is 0 Å². The van der Waals surface area contributed by atoms with E-state index in [4.69, 9.17) is 9.26 Å². The van der Waals surface area contributed by atoms with Crippen LogP contribution in [-0.2, 0) is 11.2 Å². The van der Waals surface area contributed by atoms with Crippen molar-refractivity contribution in [3.8, 4) is 0 Å². The van der Waals surface area contributed by atoms with Crippen molar-refractivity contribution in [2.24, 2.45) is 5.92 Å². The van der Waals surface area contributed by atoms with E-state index in [0.29, 0.717) is 24.3 Å². The van der Waals surface area contributed by atoms with Crippen LogP contribution < -0.4 is 5.32 Å². The molecular formula is C16H26N4O3. The fourth-order valence-corrected chi connectivity index (χ4v) is 3.40. The molecule has 2 aliphatic rings. The van der Waals surface area contributed by atoms with Crippen LogP contribution >= 0.6 is 0 Å². The maximum atomic E-state index is 12.0. The maximum Gasteiger partial charge on any atom is 0.317 e. The van der Waals surface area contributed by atoms with Crippen molar-refractivity contribution in [3.05, 3.63) is 11.7 Å². The van der Waals surface area contributed by atoms with Crippen molar-refractivity contribution in [1.82, 2.24) is 20.4 Å². The molecule has 2 amide bonds. The van der Waals surface area contributed by atoms with Gasteiger partial charge in [0, 0.05) is 45.2 Å². The van der Waals surface area contributed by atoms with Gasteiger partial charge >= 0.3 is 6.03 Å². The zero-order chi connectivity index (χ0) is 16.1. The first kappa shape index (κ1) is 16.2. The summed E-state index contributed by atoms with van der Waals surface area (Å²) in [5.74, 6) is 2.28. The predicted molar refractivity (Wildman–Crippen MR) is 84.2 cm³/mol. The van der Waals surface area contributed by atoms with Gasteiger partial charge in [-0.15, -0.1) is 0 Å². The number of urea groups is 1. The van der Waals surface area contributed by atoms with Crippen LogP contribution in [0.15, 0.2) is 4.52 Å². The van der Waals surface area contributed by atoms with E-state index >= 15 is 0 Å². The molecule has 0 aromatic carbocycles. The van der Waals surface area contributed by atoms with Gasteiger partial charge in [0.05, 0.1) is 0 Å². The minimum Gasteiger partial charge on any atom is -0.381 e. The Morgan fingerprint density at radius 3 is 2.96 bits per heavy atom. The van der Waals surface area contributed by atoms with Crippen LogP contribution in [0.2, 0.25) is 0 Å². The standard InChI is InChI=1S/C16H26N4O3/c1-2-17-16(21)20-7-3-4-12(11-20)10-14-18-15(19-23-14)13-5-8-22-9-6-13/h12-13H,2-11H2,1H3,(H,17,21). The molecule has 2 aliphatic heterocycles. The number of nitrogens with zero attached hydrogens (tertiary/aromatic N) is 3. The first-order chi connectivity index (χ1) is 11.3. The van der Waals surface area contributed by atoms with E-state index in [2.05, 4.69) is 15.5 Å². The third-order valence-corrected chi connectivity index (χ3v) is 4.67. The normalized spacial score (nSPS) is 23.0. The monoisotopic (exact) mass is 322 g/mol. The summed E-state index contributed by atoms with van der Waals surface area (Å²) in [6.45, 7) is 5.76. The van der Waals surface area contributed by atoms with Gasteiger partial charge in [-0.3, -0.25) is 0 Å². The Morgan fingerprint density at radius 1 is 1.35 bits per heavy atom. The molecule has 128 valence electrons. The molecule has 7 nitrogen and oxygen atoms in total. The molecule has 23 heavy (non-hydrogen) atoms. The number of likely N-dealkylation sites (tertiary alicyclic amines) is 1. The maximum absolute atomic E-state index is 12.0. The van der Waals surface area contributed by atoms with E-state index in [1.807, 2.05) is 11.8 Å². The summed E-state index contributed by atoms with van der Waals surface area (Å²) in [4.78, 5) is 18.4. The number of piperidine rings is 1. The molecule has 1 atom stereocenters. The quantitative estimate of drug-likeness (QED) is 0.916.